The molecule has 0 aliphatic carbocycles. The molecule has 1 atom stereocenters. The normalized spacial score (nSPS) is 12.4. The van der Waals surface area contributed by atoms with Gasteiger partial charge in [0, 0.05) is 6.42 Å². The van der Waals surface area contributed by atoms with E-state index < -0.39 is 0 Å². The van der Waals surface area contributed by atoms with Crippen molar-refractivity contribution in [3.63, 3.8) is 0 Å². The summed E-state index contributed by atoms with van der Waals surface area (Å²) in [4.78, 5) is 13.8. The molecule has 0 fully saturated rings. The highest BCUT2D eigenvalue weighted by Gasteiger charge is 2.17. The molecular formula is C16H20Cl2N4O. The summed E-state index contributed by atoms with van der Waals surface area (Å²) in [6, 6.07) is 5.42. The Morgan fingerprint density at radius 1 is 1.22 bits per heavy atom. The highest BCUT2D eigenvalue weighted by Crippen LogP contribution is 2.23. The van der Waals surface area contributed by atoms with E-state index in [1.54, 1.807) is 29.3 Å². The van der Waals surface area contributed by atoms with Gasteiger partial charge >= 0.3 is 0 Å². The molecule has 23 heavy (non-hydrogen) atoms. The lowest BCUT2D eigenvalue weighted by molar-refractivity contribution is -0.122. The van der Waals surface area contributed by atoms with Crippen LogP contribution in [0.5, 0.6) is 0 Å². The van der Waals surface area contributed by atoms with E-state index in [9.17, 15) is 4.79 Å². The number of carbonyl (C=O) groups is 1. The van der Waals surface area contributed by atoms with E-state index in [1.807, 2.05) is 6.07 Å². The van der Waals surface area contributed by atoms with Crippen LogP contribution in [0.1, 0.15) is 25.8 Å². The monoisotopic (exact) mass is 354 g/mol. The fraction of sp³-hybridized carbons (Fsp3) is 0.438. The number of hydrogen-bond donors (Lipinski definition) is 1. The number of benzene rings is 1. The molecule has 2 aromatic rings. The van der Waals surface area contributed by atoms with Crippen molar-refractivity contribution in [2.24, 2.45) is 5.92 Å². The first-order valence-electron chi connectivity index (χ1n) is 7.53. The molecule has 5 nitrogen and oxygen atoms in total. The SMILES string of the molecule is CC(C)[C@H](Cn1nccn1)NC(=O)CCc1ccc(Cl)c(Cl)c1. The maximum absolute atomic E-state index is 12.2. The average molecular weight is 355 g/mol. The van der Waals surface area contributed by atoms with E-state index in [-0.39, 0.29) is 17.9 Å². The standard InChI is InChI=1S/C16H20Cl2N4O/c1-11(2)15(10-22-19-7-8-20-22)21-16(23)6-4-12-3-5-13(17)14(18)9-12/h3,5,7-9,11,15H,4,6,10H2,1-2H3,(H,21,23)/t15-/m0/s1. The number of aromatic nitrogens is 3. The summed E-state index contributed by atoms with van der Waals surface area (Å²) in [6.07, 6.45) is 4.27. The highest BCUT2D eigenvalue weighted by molar-refractivity contribution is 6.42. The van der Waals surface area contributed by atoms with Crippen LogP contribution in [-0.2, 0) is 17.8 Å². The fourth-order valence-corrected chi connectivity index (χ4v) is 2.49. The van der Waals surface area contributed by atoms with Gasteiger partial charge in [0.05, 0.1) is 35.0 Å². The molecule has 1 heterocycles. The number of nitrogens with one attached hydrogen (secondary N) is 1. The Bertz CT molecular complexity index is 644. The van der Waals surface area contributed by atoms with Crippen molar-refractivity contribution in [3.8, 4) is 0 Å². The summed E-state index contributed by atoms with van der Waals surface area (Å²) < 4.78 is 0. The van der Waals surface area contributed by atoms with Crippen molar-refractivity contribution in [2.75, 3.05) is 0 Å². The predicted octanol–water partition coefficient (Wildman–Crippen LogP) is 3.36. The third-order valence-corrected chi connectivity index (χ3v) is 4.34. The van der Waals surface area contributed by atoms with E-state index in [0.29, 0.717) is 29.4 Å². The van der Waals surface area contributed by atoms with Crippen molar-refractivity contribution in [1.29, 1.82) is 0 Å². The van der Waals surface area contributed by atoms with Crippen LogP contribution >= 0.6 is 23.2 Å². The van der Waals surface area contributed by atoms with E-state index in [2.05, 4.69) is 29.4 Å². The number of nitrogens with zero attached hydrogens (tertiary/aromatic N) is 3. The number of carbonyl (C=O) groups excluding carboxylic acids is 1. The lowest BCUT2D eigenvalue weighted by atomic mass is 10.0. The van der Waals surface area contributed by atoms with Gasteiger partial charge in [0.15, 0.2) is 0 Å². The van der Waals surface area contributed by atoms with Crippen molar-refractivity contribution < 1.29 is 4.79 Å². The van der Waals surface area contributed by atoms with Crippen molar-refractivity contribution in [1.82, 2.24) is 20.3 Å². The topological polar surface area (TPSA) is 59.8 Å². The van der Waals surface area contributed by atoms with Crippen molar-refractivity contribution in [3.05, 3.63) is 46.2 Å². The van der Waals surface area contributed by atoms with Gasteiger partial charge in [-0.2, -0.15) is 15.0 Å². The molecule has 0 bridgehead atoms. The third kappa shape index (κ3) is 5.52. The second-order valence-electron chi connectivity index (χ2n) is 5.75. The molecule has 0 unspecified atom stereocenters. The van der Waals surface area contributed by atoms with Gasteiger partial charge in [-0.05, 0) is 30.0 Å². The summed E-state index contributed by atoms with van der Waals surface area (Å²) >= 11 is 11.9. The molecular weight excluding hydrogens is 335 g/mol. The molecule has 0 aliphatic heterocycles. The summed E-state index contributed by atoms with van der Waals surface area (Å²) in [5.41, 5.74) is 0.990. The second kappa shape index (κ2) is 8.31. The van der Waals surface area contributed by atoms with Gasteiger partial charge in [-0.25, -0.2) is 0 Å². The summed E-state index contributed by atoms with van der Waals surface area (Å²) in [5, 5.41) is 12.2. The van der Waals surface area contributed by atoms with E-state index in [4.69, 9.17) is 23.2 Å². The quantitative estimate of drug-likeness (QED) is 0.829. The van der Waals surface area contributed by atoms with Crippen LogP contribution in [0.3, 0.4) is 0 Å². The molecule has 0 saturated heterocycles. The second-order valence-corrected chi connectivity index (χ2v) is 6.56. The summed E-state index contributed by atoms with van der Waals surface area (Å²) in [6.45, 7) is 4.68. The maximum Gasteiger partial charge on any atom is 0.220 e. The Morgan fingerprint density at radius 2 is 1.91 bits per heavy atom. The van der Waals surface area contributed by atoms with Gasteiger partial charge < -0.3 is 5.32 Å². The Morgan fingerprint density at radius 3 is 2.52 bits per heavy atom. The summed E-state index contributed by atoms with van der Waals surface area (Å²) in [7, 11) is 0. The van der Waals surface area contributed by atoms with Gasteiger partial charge in [-0.1, -0.05) is 43.1 Å². The first-order valence-corrected chi connectivity index (χ1v) is 8.28. The number of aryl methyl sites for hydroxylation is 1. The molecule has 0 aliphatic rings. The van der Waals surface area contributed by atoms with E-state index in [1.165, 1.54) is 0 Å². The van der Waals surface area contributed by atoms with Crippen LogP contribution in [0, 0.1) is 5.92 Å². The highest BCUT2D eigenvalue weighted by atomic mass is 35.5. The van der Waals surface area contributed by atoms with Crippen molar-refractivity contribution >= 4 is 29.1 Å². The van der Waals surface area contributed by atoms with Crippen LogP contribution in [0.4, 0.5) is 0 Å². The van der Waals surface area contributed by atoms with Gasteiger partial charge in [-0.15, -0.1) is 0 Å². The Hall–Kier alpha value is -1.59. The van der Waals surface area contributed by atoms with Gasteiger partial charge in [0.2, 0.25) is 5.91 Å². The number of halogens is 2. The number of hydrogen-bond acceptors (Lipinski definition) is 3. The van der Waals surface area contributed by atoms with Gasteiger partial charge in [-0.3, -0.25) is 4.79 Å². The fourth-order valence-electron chi connectivity index (χ4n) is 2.17. The molecule has 1 amide bonds. The third-order valence-electron chi connectivity index (χ3n) is 3.60. The molecule has 1 N–H and O–H groups in total. The zero-order chi connectivity index (χ0) is 16.8. The minimum absolute atomic E-state index is 0.00179. The molecule has 2 rings (SSSR count). The molecule has 0 saturated carbocycles. The lowest BCUT2D eigenvalue weighted by Crippen LogP contribution is -2.42. The van der Waals surface area contributed by atoms with Gasteiger partial charge in [0.25, 0.3) is 0 Å². The Balaban J connectivity index is 1.87. The zero-order valence-electron chi connectivity index (χ0n) is 13.2. The van der Waals surface area contributed by atoms with E-state index >= 15 is 0 Å². The lowest BCUT2D eigenvalue weighted by Gasteiger charge is -2.21. The maximum atomic E-state index is 12.2. The number of rotatable bonds is 7. The largest absolute Gasteiger partial charge is 0.351 e. The smallest absolute Gasteiger partial charge is 0.220 e. The minimum Gasteiger partial charge on any atom is -0.351 e. The van der Waals surface area contributed by atoms with Crippen molar-refractivity contribution in [2.45, 2.75) is 39.3 Å². The van der Waals surface area contributed by atoms with Crippen LogP contribution in [0.15, 0.2) is 30.6 Å². The van der Waals surface area contributed by atoms with Gasteiger partial charge in [0.1, 0.15) is 0 Å². The molecule has 0 radical (unpaired) electrons. The van der Waals surface area contributed by atoms with E-state index in [0.717, 1.165) is 5.56 Å². The minimum atomic E-state index is -0.0105. The Kier molecular flexibility index (Phi) is 6.42. The molecule has 1 aromatic carbocycles. The zero-order valence-corrected chi connectivity index (χ0v) is 14.7. The Labute approximate surface area is 146 Å². The number of amides is 1. The molecule has 124 valence electrons. The molecule has 1 aromatic heterocycles. The van der Waals surface area contributed by atoms with Crippen LogP contribution in [0.25, 0.3) is 0 Å². The van der Waals surface area contributed by atoms with Crippen LogP contribution in [-0.4, -0.2) is 26.9 Å². The first-order chi connectivity index (χ1) is 11.0. The molecule has 7 heteroatoms. The van der Waals surface area contributed by atoms with Crippen LogP contribution < -0.4 is 5.32 Å². The summed E-state index contributed by atoms with van der Waals surface area (Å²) in [5.74, 6) is 0.289. The average Bonchev–Trinajstić information content (AvgIpc) is 3.01. The molecule has 0 spiro atoms. The first kappa shape index (κ1) is 17.8. The van der Waals surface area contributed by atoms with Crippen LogP contribution in [0.2, 0.25) is 10.0 Å². The predicted molar refractivity (Wildman–Crippen MR) is 91.6 cm³/mol.